The summed E-state index contributed by atoms with van der Waals surface area (Å²) in [5, 5.41) is 9.19. The number of nitrogens with one attached hydrogen (secondary N) is 1. The molecule has 0 aromatic carbocycles. The van der Waals surface area contributed by atoms with Gasteiger partial charge in [-0.3, -0.25) is 9.59 Å². The third kappa shape index (κ3) is 5.76. The highest BCUT2D eigenvalue weighted by Gasteiger charge is 2.45. The predicted octanol–water partition coefficient (Wildman–Crippen LogP) is 1.53. The van der Waals surface area contributed by atoms with Crippen LogP contribution in [-0.2, 0) is 24.3 Å². The van der Waals surface area contributed by atoms with E-state index in [4.69, 9.17) is 4.74 Å². The second-order valence-electron chi connectivity index (χ2n) is 6.73. The molecule has 1 aliphatic carbocycles. The van der Waals surface area contributed by atoms with E-state index in [0.29, 0.717) is 12.8 Å². The highest BCUT2D eigenvalue weighted by atomic mass is 32.2. The lowest BCUT2D eigenvalue weighted by Gasteiger charge is -2.34. The van der Waals surface area contributed by atoms with Gasteiger partial charge < -0.3 is 9.84 Å². The van der Waals surface area contributed by atoms with Crippen molar-refractivity contribution in [3.8, 4) is 0 Å². The second kappa shape index (κ2) is 8.10. The average molecular weight is 349 g/mol. The van der Waals surface area contributed by atoms with E-state index in [1.54, 1.807) is 0 Å². The lowest BCUT2D eigenvalue weighted by atomic mass is 9.75. The normalized spacial score (nSPS) is 19.3. The number of carbonyl (C=O) groups excluding carboxylic acids is 1. The predicted molar refractivity (Wildman–Crippen MR) is 85.3 cm³/mol. The van der Waals surface area contributed by atoms with Crippen LogP contribution in [0.15, 0.2) is 0 Å². The Kier molecular flexibility index (Phi) is 7.01. The molecule has 23 heavy (non-hydrogen) atoms. The molecule has 1 rings (SSSR count). The molecule has 1 fully saturated rings. The van der Waals surface area contributed by atoms with Crippen molar-refractivity contribution in [2.24, 2.45) is 11.3 Å². The number of rotatable bonds is 8. The molecule has 2 N–H and O–H groups in total. The van der Waals surface area contributed by atoms with E-state index >= 15 is 0 Å². The number of aliphatic carboxylic acids is 1. The first-order valence-corrected chi connectivity index (χ1v) is 9.58. The molecule has 0 aromatic heterocycles. The number of hydrogen-bond donors (Lipinski definition) is 2. The number of hydrogen-bond acceptors (Lipinski definition) is 5. The smallest absolute Gasteiger partial charge is 0.321 e. The molecule has 0 amide bonds. The zero-order chi connectivity index (χ0) is 17.7. The van der Waals surface area contributed by atoms with Gasteiger partial charge in [-0.05, 0) is 25.2 Å². The number of carboxylic acids is 1. The summed E-state index contributed by atoms with van der Waals surface area (Å²) in [6, 6.07) is -1.18. The van der Waals surface area contributed by atoms with Crippen molar-refractivity contribution < 1.29 is 27.9 Å². The Labute approximate surface area is 137 Å². The minimum Gasteiger partial charge on any atom is -0.480 e. The Bertz CT molecular complexity index is 522. The van der Waals surface area contributed by atoms with Crippen LogP contribution in [-0.4, -0.2) is 44.4 Å². The van der Waals surface area contributed by atoms with Gasteiger partial charge in [-0.1, -0.05) is 33.1 Å². The summed E-state index contributed by atoms with van der Waals surface area (Å²) < 4.78 is 31.9. The zero-order valence-corrected chi connectivity index (χ0v) is 14.8. The summed E-state index contributed by atoms with van der Waals surface area (Å²) in [6.45, 7) is 3.64. The molecular weight excluding hydrogens is 322 g/mol. The average Bonchev–Trinajstić information content (AvgIpc) is 2.45. The molecular formula is C15H27NO6S. The molecule has 7 nitrogen and oxygen atoms in total. The summed E-state index contributed by atoms with van der Waals surface area (Å²) in [5.41, 5.74) is -1.07. The van der Waals surface area contributed by atoms with Crippen molar-refractivity contribution in [2.75, 3.05) is 12.9 Å². The van der Waals surface area contributed by atoms with Crippen molar-refractivity contribution in [2.45, 2.75) is 58.4 Å². The summed E-state index contributed by atoms with van der Waals surface area (Å²) >= 11 is 0. The first-order valence-electron chi connectivity index (χ1n) is 7.93. The standard InChI is InChI=1S/C15H27NO6S/c1-11(2)9-12(13(17)18)16-23(20,21)10-15(14(19)22-3)7-5-4-6-8-15/h11-12,16H,4-10H2,1-3H3,(H,17,18). The lowest BCUT2D eigenvalue weighted by Crippen LogP contribution is -2.48. The number of methoxy groups -OCH3 is 1. The fourth-order valence-electron chi connectivity index (χ4n) is 3.15. The third-order valence-electron chi connectivity index (χ3n) is 4.22. The highest BCUT2D eigenvalue weighted by Crippen LogP contribution is 2.38. The molecule has 134 valence electrons. The molecule has 0 heterocycles. The molecule has 0 aliphatic heterocycles. The van der Waals surface area contributed by atoms with Gasteiger partial charge in [0.05, 0.1) is 18.3 Å². The SMILES string of the molecule is COC(=O)C1(CS(=O)(=O)NC(CC(C)C)C(=O)O)CCCCC1. The van der Waals surface area contributed by atoms with Gasteiger partial charge >= 0.3 is 11.9 Å². The van der Waals surface area contributed by atoms with Gasteiger partial charge in [0.1, 0.15) is 6.04 Å². The largest absolute Gasteiger partial charge is 0.480 e. The molecule has 0 radical (unpaired) electrons. The van der Waals surface area contributed by atoms with Gasteiger partial charge in [-0.2, -0.15) is 0 Å². The van der Waals surface area contributed by atoms with Gasteiger partial charge in [-0.15, -0.1) is 0 Å². The van der Waals surface area contributed by atoms with E-state index in [1.165, 1.54) is 7.11 Å². The third-order valence-corrected chi connectivity index (χ3v) is 5.80. The van der Waals surface area contributed by atoms with Crippen LogP contribution in [0.1, 0.15) is 52.4 Å². The molecule has 0 saturated heterocycles. The minimum atomic E-state index is -3.92. The first-order chi connectivity index (χ1) is 10.6. The van der Waals surface area contributed by atoms with Crippen LogP contribution >= 0.6 is 0 Å². The number of carboxylic acid groups (broad SMARTS) is 1. The molecule has 8 heteroatoms. The van der Waals surface area contributed by atoms with Crippen LogP contribution in [0.4, 0.5) is 0 Å². The van der Waals surface area contributed by atoms with Crippen LogP contribution in [0.5, 0.6) is 0 Å². The summed E-state index contributed by atoms with van der Waals surface area (Å²) in [7, 11) is -2.67. The van der Waals surface area contributed by atoms with Gasteiger partial charge in [0.15, 0.2) is 0 Å². The topological polar surface area (TPSA) is 110 Å². The highest BCUT2D eigenvalue weighted by molar-refractivity contribution is 7.89. The molecule has 1 unspecified atom stereocenters. The molecule has 0 spiro atoms. The Morgan fingerprint density at radius 1 is 1.22 bits per heavy atom. The first kappa shape index (κ1) is 19.9. The van der Waals surface area contributed by atoms with Gasteiger partial charge in [0.2, 0.25) is 10.0 Å². The van der Waals surface area contributed by atoms with Crippen LogP contribution in [0, 0.1) is 11.3 Å². The number of carbonyl (C=O) groups is 2. The molecule has 0 aromatic rings. The summed E-state index contributed by atoms with van der Waals surface area (Å²) in [4.78, 5) is 23.4. The number of esters is 1. The second-order valence-corrected chi connectivity index (χ2v) is 8.48. The van der Waals surface area contributed by atoms with E-state index < -0.39 is 39.2 Å². The maximum absolute atomic E-state index is 12.4. The van der Waals surface area contributed by atoms with Crippen molar-refractivity contribution in [3.05, 3.63) is 0 Å². The fourth-order valence-corrected chi connectivity index (χ4v) is 4.99. The number of sulfonamides is 1. The summed E-state index contributed by atoms with van der Waals surface area (Å²) in [5.74, 6) is -2.13. The van der Waals surface area contributed by atoms with Crippen LogP contribution in [0.3, 0.4) is 0 Å². The zero-order valence-electron chi connectivity index (χ0n) is 14.0. The van der Waals surface area contributed by atoms with Crippen molar-refractivity contribution >= 4 is 22.0 Å². The number of ether oxygens (including phenoxy) is 1. The molecule has 0 bridgehead atoms. The van der Waals surface area contributed by atoms with E-state index in [1.807, 2.05) is 13.8 Å². The Morgan fingerprint density at radius 3 is 2.22 bits per heavy atom. The fraction of sp³-hybridized carbons (Fsp3) is 0.867. The van der Waals surface area contributed by atoms with E-state index in [2.05, 4.69) is 4.72 Å². The van der Waals surface area contributed by atoms with Crippen molar-refractivity contribution in [1.29, 1.82) is 0 Å². The Morgan fingerprint density at radius 2 is 1.78 bits per heavy atom. The van der Waals surface area contributed by atoms with Gasteiger partial charge in [-0.25, -0.2) is 13.1 Å². The lowest BCUT2D eigenvalue weighted by molar-refractivity contribution is -0.153. The molecule has 1 saturated carbocycles. The molecule has 1 aliphatic rings. The maximum atomic E-state index is 12.4. The van der Waals surface area contributed by atoms with E-state index in [9.17, 15) is 23.1 Å². The van der Waals surface area contributed by atoms with E-state index in [0.717, 1.165) is 19.3 Å². The maximum Gasteiger partial charge on any atom is 0.321 e. The van der Waals surface area contributed by atoms with Gasteiger partial charge in [0.25, 0.3) is 0 Å². The monoisotopic (exact) mass is 349 g/mol. The van der Waals surface area contributed by atoms with Crippen molar-refractivity contribution in [1.82, 2.24) is 4.72 Å². The van der Waals surface area contributed by atoms with Crippen LogP contribution in [0.2, 0.25) is 0 Å². The quantitative estimate of drug-likeness (QED) is 0.643. The molecule has 1 atom stereocenters. The van der Waals surface area contributed by atoms with Crippen molar-refractivity contribution in [3.63, 3.8) is 0 Å². The summed E-state index contributed by atoms with van der Waals surface area (Å²) in [6.07, 6.45) is 3.57. The minimum absolute atomic E-state index is 0.0306. The van der Waals surface area contributed by atoms with E-state index in [-0.39, 0.29) is 12.3 Å². The van der Waals surface area contributed by atoms with Crippen LogP contribution in [0.25, 0.3) is 0 Å². The van der Waals surface area contributed by atoms with Crippen LogP contribution < -0.4 is 4.72 Å². The van der Waals surface area contributed by atoms with Gasteiger partial charge in [0, 0.05) is 0 Å². The Balaban J connectivity index is 2.92. The Hall–Kier alpha value is -1.15.